The van der Waals surface area contributed by atoms with E-state index in [1.165, 1.54) is 0 Å². The summed E-state index contributed by atoms with van der Waals surface area (Å²) in [7, 11) is 1.63. The summed E-state index contributed by atoms with van der Waals surface area (Å²) in [5.74, 6) is 1.71. The van der Waals surface area contributed by atoms with E-state index in [1.54, 1.807) is 7.11 Å². The van der Waals surface area contributed by atoms with Gasteiger partial charge in [-0.05, 0) is 42.0 Å². The third-order valence-corrected chi connectivity index (χ3v) is 6.06. The fourth-order valence-corrected chi connectivity index (χ4v) is 4.44. The summed E-state index contributed by atoms with van der Waals surface area (Å²) in [6.45, 7) is 1.25. The zero-order valence-corrected chi connectivity index (χ0v) is 17.9. The molecule has 0 N–H and O–H groups in total. The molecule has 0 spiro atoms. The zero-order chi connectivity index (χ0) is 21.4. The number of hydrogen-bond donors (Lipinski definition) is 0. The molecular weight excluding hydrogens is 410 g/mol. The molecule has 2 heterocycles. The molecule has 1 atom stereocenters. The summed E-state index contributed by atoms with van der Waals surface area (Å²) >= 11 is 6.07. The molecule has 5 rings (SSSR count). The Balaban J connectivity index is 1.53. The maximum absolute atomic E-state index is 13.0. The van der Waals surface area contributed by atoms with Crippen LogP contribution in [0.3, 0.4) is 0 Å². The molecule has 1 aliphatic rings. The van der Waals surface area contributed by atoms with E-state index in [0.717, 1.165) is 28.1 Å². The number of anilines is 1. The first-order chi connectivity index (χ1) is 15.1. The Hall–Kier alpha value is -3.31. The Morgan fingerprint density at radius 1 is 1.03 bits per heavy atom. The van der Waals surface area contributed by atoms with Crippen molar-refractivity contribution in [2.75, 3.05) is 18.6 Å². The van der Waals surface area contributed by atoms with E-state index >= 15 is 0 Å². The molecule has 31 heavy (non-hydrogen) atoms. The van der Waals surface area contributed by atoms with Crippen LogP contribution in [0.2, 0.25) is 5.02 Å². The molecular formula is C25H22ClN3O2. The second-order valence-electron chi connectivity index (χ2n) is 7.75. The lowest BCUT2D eigenvalue weighted by Gasteiger charge is -2.20. The van der Waals surface area contributed by atoms with Gasteiger partial charge in [0.15, 0.2) is 0 Å². The highest BCUT2D eigenvalue weighted by molar-refractivity contribution is 6.30. The maximum atomic E-state index is 13.0. The quantitative estimate of drug-likeness (QED) is 0.432. The number of ether oxygens (including phenoxy) is 1. The highest BCUT2D eigenvalue weighted by Crippen LogP contribution is 2.37. The van der Waals surface area contributed by atoms with E-state index < -0.39 is 0 Å². The molecule has 0 saturated carbocycles. The summed E-state index contributed by atoms with van der Waals surface area (Å²) in [6.07, 6.45) is 0.419. The van der Waals surface area contributed by atoms with E-state index in [-0.39, 0.29) is 11.8 Å². The zero-order valence-electron chi connectivity index (χ0n) is 17.2. The molecule has 4 aromatic rings. The van der Waals surface area contributed by atoms with E-state index in [1.807, 2.05) is 71.6 Å². The van der Waals surface area contributed by atoms with Crippen molar-refractivity contribution in [3.05, 3.63) is 89.2 Å². The van der Waals surface area contributed by atoms with Gasteiger partial charge in [0.25, 0.3) is 0 Å². The largest absolute Gasteiger partial charge is 0.495 e. The lowest BCUT2D eigenvalue weighted by molar-refractivity contribution is -0.117. The topological polar surface area (TPSA) is 47.4 Å². The van der Waals surface area contributed by atoms with Gasteiger partial charge >= 0.3 is 0 Å². The number of halogens is 1. The lowest BCUT2D eigenvalue weighted by Crippen LogP contribution is -2.25. The van der Waals surface area contributed by atoms with Crippen LogP contribution in [0.1, 0.15) is 23.7 Å². The first-order valence-electron chi connectivity index (χ1n) is 10.3. The van der Waals surface area contributed by atoms with Crippen molar-refractivity contribution in [3.63, 3.8) is 0 Å². The van der Waals surface area contributed by atoms with Crippen molar-refractivity contribution in [2.45, 2.75) is 18.9 Å². The lowest BCUT2D eigenvalue weighted by atomic mass is 10.1. The number of methoxy groups -OCH3 is 1. The molecule has 1 fully saturated rings. The van der Waals surface area contributed by atoms with E-state index in [4.69, 9.17) is 21.3 Å². The first-order valence-corrected chi connectivity index (χ1v) is 10.6. The summed E-state index contributed by atoms with van der Waals surface area (Å²) in [6, 6.07) is 23.6. The number of carbonyl (C=O) groups is 1. The van der Waals surface area contributed by atoms with Crippen molar-refractivity contribution in [3.8, 4) is 5.75 Å². The van der Waals surface area contributed by atoms with Crippen molar-refractivity contribution < 1.29 is 9.53 Å². The monoisotopic (exact) mass is 431 g/mol. The van der Waals surface area contributed by atoms with Crippen molar-refractivity contribution >= 4 is 34.2 Å². The van der Waals surface area contributed by atoms with Gasteiger partial charge in [0.2, 0.25) is 5.91 Å². The molecule has 0 radical (unpaired) electrons. The Morgan fingerprint density at radius 3 is 2.58 bits per heavy atom. The minimum Gasteiger partial charge on any atom is -0.495 e. The summed E-state index contributed by atoms with van der Waals surface area (Å²) < 4.78 is 7.71. The minimum atomic E-state index is -0.00267. The third kappa shape index (κ3) is 3.66. The van der Waals surface area contributed by atoms with Crippen molar-refractivity contribution in [2.24, 2.45) is 0 Å². The van der Waals surface area contributed by atoms with E-state index in [0.29, 0.717) is 30.3 Å². The van der Waals surface area contributed by atoms with Gasteiger partial charge in [0, 0.05) is 30.5 Å². The van der Waals surface area contributed by atoms with Gasteiger partial charge in [0.1, 0.15) is 11.6 Å². The van der Waals surface area contributed by atoms with Crippen LogP contribution < -0.4 is 9.64 Å². The number of rotatable bonds is 5. The minimum absolute atomic E-state index is 0.00267. The van der Waals surface area contributed by atoms with Gasteiger partial charge < -0.3 is 14.2 Å². The molecule has 156 valence electrons. The van der Waals surface area contributed by atoms with Gasteiger partial charge in [-0.25, -0.2) is 4.98 Å². The fourth-order valence-electron chi connectivity index (χ4n) is 4.31. The summed E-state index contributed by atoms with van der Waals surface area (Å²) in [5, 5.41) is 0.716. The number of imidazole rings is 1. The number of hydrogen-bond acceptors (Lipinski definition) is 3. The Morgan fingerprint density at radius 2 is 1.77 bits per heavy atom. The van der Waals surface area contributed by atoms with Gasteiger partial charge in [-0.1, -0.05) is 48.0 Å². The highest BCUT2D eigenvalue weighted by atomic mass is 35.5. The van der Waals surface area contributed by atoms with Crippen molar-refractivity contribution in [1.82, 2.24) is 9.55 Å². The predicted octanol–water partition coefficient (Wildman–Crippen LogP) is 5.27. The third-order valence-electron chi connectivity index (χ3n) is 5.80. The average molecular weight is 432 g/mol. The van der Waals surface area contributed by atoms with E-state index in [2.05, 4.69) is 10.6 Å². The number of nitrogens with zero attached hydrogens (tertiary/aromatic N) is 3. The van der Waals surface area contributed by atoms with Crippen LogP contribution in [-0.2, 0) is 11.3 Å². The number of para-hydroxylation sites is 4. The Kier molecular flexibility index (Phi) is 5.12. The second-order valence-corrected chi connectivity index (χ2v) is 8.19. The molecule has 1 saturated heterocycles. The molecule has 1 aliphatic heterocycles. The van der Waals surface area contributed by atoms with Crippen LogP contribution >= 0.6 is 11.6 Å². The van der Waals surface area contributed by atoms with Gasteiger partial charge in [-0.2, -0.15) is 0 Å². The number of carbonyl (C=O) groups excluding carboxylic acids is 1. The summed E-state index contributed by atoms with van der Waals surface area (Å²) in [4.78, 5) is 19.7. The number of amides is 1. The molecule has 6 heteroatoms. The van der Waals surface area contributed by atoms with Gasteiger partial charge in [0.05, 0.1) is 23.8 Å². The number of fused-ring (bicyclic) bond motifs is 1. The molecule has 1 aromatic heterocycles. The SMILES string of the molecule is COc1ccccc1N1CC(c2nc3ccccc3n2Cc2ccc(Cl)cc2)CC1=O. The second kappa shape index (κ2) is 8.08. The molecule has 3 aromatic carbocycles. The Bertz CT molecular complexity index is 1250. The fraction of sp³-hybridized carbons (Fsp3) is 0.200. The van der Waals surface area contributed by atoms with Crippen LogP contribution in [0.5, 0.6) is 5.75 Å². The van der Waals surface area contributed by atoms with Crippen molar-refractivity contribution in [1.29, 1.82) is 0 Å². The average Bonchev–Trinajstić information content (AvgIpc) is 3.36. The van der Waals surface area contributed by atoms with Crippen LogP contribution in [0, 0.1) is 0 Å². The van der Waals surface area contributed by atoms with Crippen LogP contribution in [0.15, 0.2) is 72.8 Å². The number of aromatic nitrogens is 2. The Labute approximate surface area is 185 Å². The molecule has 1 amide bonds. The van der Waals surface area contributed by atoms with Crippen LogP contribution in [-0.4, -0.2) is 29.1 Å². The maximum Gasteiger partial charge on any atom is 0.227 e. The van der Waals surface area contributed by atoms with Gasteiger partial charge in [-0.3, -0.25) is 4.79 Å². The standard InChI is InChI=1S/C25H22ClN3O2/c1-31-23-9-5-4-8-22(23)28-16-18(14-24(28)30)25-27-20-6-2-3-7-21(20)29(25)15-17-10-12-19(26)13-11-17/h2-13,18H,14-16H2,1H3. The highest BCUT2D eigenvalue weighted by Gasteiger charge is 2.35. The molecule has 1 unspecified atom stereocenters. The van der Waals surface area contributed by atoms with Gasteiger partial charge in [-0.15, -0.1) is 0 Å². The first kappa shape index (κ1) is 19.6. The normalized spacial score (nSPS) is 16.3. The predicted molar refractivity (Wildman–Crippen MR) is 123 cm³/mol. The molecule has 0 aliphatic carbocycles. The van der Waals surface area contributed by atoms with E-state index in [9.17, 15) is 4.79 Å². The summed E-state index contributed by atoms with van der Waals surface area (Å²) in [5.41, 5.74) is 3.95. The van der Waals surface area contributed by atoms with Crippen LogP contribution in [0.25, 0.3) is 11.0 Å². The molecule has 0 bridgehead atoms. The molecule has 5 nitrogen and oxygen atoms in total. The van der Waals surface area contributed by atoms with Crippen LogP contribution in [0.4, 0.5) is 5.69 Å². The smallest absolute Gasteiger partial charge is 0.227 e. The number of benzene rings is 3.